The van der Waals surface area contributed by atoms with Gasteiger partial charge in [-0.15, -0.1) is 0 Å². The molecule has 0 heterocycles. The molecule has 0 saturated heterocycles. The standard InChI is InChI=1S/C17H17FN2O3/c1-23-17(22)13-3-2-4-15(9-13)20-16(21)11-19-10-12-5-7-14(18)8-6-12/h2-9,19H,10-11H2,1H3,(H,20,21). The van der Waals surface area contributed by atoms with Crippen LogP contribution in [0, 0.1) is 5.82 Å². The molecule has 0 atom stereocenters. The zero-order chi connectivity index (χ0) is 16.7. The van der Waals surface area contributed by atoms with Gasteiger partial charge in [0, 0.05) is 12.2 Å². The van der Waals surface area contributed by atoms with Crippen LogP contribution in [0.5, 0.6) is 0 Å². The first-order chi connectivity index (χ1) is 11.1. The van der Waals surface area contributed by atoms with Crippen LogP contribution in [-0.2, 0) is 16.1 Å². The summed E-state index contributed by atoms with van der Waals surface area (Å²) in [4.78, 5) is 23.3. The summed E-state index contributed by atoms with van der Waals surface area (Å²) >= 11 is 0. The van der Waals surface area contributed by atoms with Gasteiger partial charge < -0.3 is 15.4 Å². The number of hydrogen-bond acceptors (Lipinski definition) is 4. The number of hydrogen-bond donors (Lipinski definition) is 2. The fraction of sp³-hybridized carbons (Fsp3) is 0.176. The van der Waals surface area contributed by atoms with Crippen LogP contribution in [0.2, 0.25) is 0 Å². The van der Waals surface area contributed by atoms with Crippen LogP contribution in [0.1, 0.15) is 15.9 Å². The van der Waals surface area contributed by atoms with Crippen molar-refractivity contribution in [2.45, 2.75) is 6.54 Å². The molecule has 23 heavy (non-hydrogen) atoms. The highest BCUT2D eigenvalue weighted by molar-refractivity contribution is 5.95. The van der Waals surface area contributed by atoms with Gasteiger partial charge >= 0.3 is 5.97 Å². The Morgan fingerprint density at radius 1 is 1.13 bits per heavy atom. The first-order valence-electron chi connectivity index (χ1n) is 7.02. The fourth-order valence-corrected chi connectivity index (χ4v) is 1.97. The van der Waals surface area contributed by atoms with Crippen LogP contribution in [0.4, 0.5) is 10.1 Å². The molecule has 5 nitrogen and oxygen atoms in total. The summed E-state index contributed by atoms with van der Waals surface area (Å²) in [6.07, 6.45) is 0. The molecule has 2 rings (SSSR count). The maximum Gasteiger partial charge on any atom is 0.337 e. The topological polar surface area (TPSA) is 67.4 Å². The van der Waals surface area contributed by atoms with Crippen molar-refractivity contribution in [2.24, 2.45) is 0 Å². The molecular weight excluding hydrogens is 299 g/mol. The van der Waals surface area contributed by atoms with Gasteiger partial charge in [0.1, 0.15) is 5.82 Å². The first-order valence-corrected chi connectivity index (χ1v) is 7.02. The summed E-state index contributed by atoms with van der Waals surface area (Å²) in [5.74, 6) is -0.998. The number of benzene rings is 2. The SMILES string of the molecule is COC(=O)c1cccc(NC(=O)CNCc2ccc(F)cc2)c1. The third-order valence-electron chi connectivity index (χ3n) is 3.10. The van der Waals surface area contributed by atoms with Gasteiger partial charge in [0.15, 0.2) is 0 Å². The molecule has 0 spiro atoms. The Morgan fingerprint density at radius 2 is 1.87 bits per heavy atom. The fourth-order valence-electron chi connectivity index (χ4n) is 1.97. The second-order valence-corrected chi connectivity index (χ2v) is 4.85. The summed E-state index contributed by atoms with van der Waals surface area (Å²) in [5, 5.41) is 5.65. The van der Waals surface area contributed by atoms with E-state index in [0.29, 0.717) is 17.8 Å². The largest absolute Gasteiger partial charge is 0.465 e. The lowest BCUT2D eigenvalue weighted by molar-refractivity contribution is -0.115. The summed E-state index contributed by atoms with van der Waals surface area (Å²) < 4.78 is 17.4. The van der Waals surface area contributed by atoms with E-state index >= 15 is 0 Å². The van der Waals surface area contributed by atoms with Gasteiger partial charge in [0.25, 0.3) is 0 Å². The molecule has 2 aromatic rings. The lowest BCUT2D eigenvalue weighted by Gasteiger charge is -2.08. The van der Waals surface area contributed by atoms with E-state index in [0.717, 1.165) is 5.56 Å². The number of rotatable bonds is 6. The molecule has 0 aliphatic heterocycles. The van der Waals surface area contributed by atoms with Crippen molar-refractivity contribution in [3.8, 4) is 0 Å². The quantitative estimate of drug-likeness (QED) is 0.803. The number of amides is 1. The highest BCUT2D eigenvalue weighted by Gasteiger charge is 2.07. The highest BCUT2D eigenvalue weighted by atomic mass is 19.1. The lowest BCUT2D eigenvalue weighted by atomic mass is 10.2. The zero-order valence-corrected chi connectivity index (χ0v) is 12.6. The Balaban J connectivity index is 1.82. The van der Waals surface area contributed by atoms with Crippen molar-refractivity contribution in [3.05, 3.63) is 65.5 Å². The molecule has 0 unspecified atom stereocenters. The monoisotopic (exact) mass is 316 g/mol. The molecule has 0 aliphatic carbocycles. The van der Waals surface area contributed by atoms with Crippen LogP contribution in [0.25, 0.3) is 0 Å². The van der Waals surface area contributed by atoms with Gasteiger partial charge in [-0.25, -0.2) is 9.18 Å². The minimum absolute atomic E-state index is 0.0971. The normalized spacial score (nSPS) is 10.2. The Morgan fingerprint density at radius 3 is 2.57 bits per heavy atom. The molecule has 1 amide bonds. The molecule has 120 valence electrons. The lowest BCUT2D eigenvalue weighted by Crippen LogP contribution is -2.27. The number of anilines is 1. The first kappa shape index (κ1) is 16.6. The second-order valence-electron chi connectivity index (χ2n) is 4.85. The summed E-state index contributed by atoms with van der Waals surface area (Å²) in [6, 6.07) is 12.5. The van der Waals surface area contributed by atoms with Crippen LogP contribution >= 0.6 is 0 Å². The van der Waals surface area contributed by atoms with E-state index in [1.165, 1.54) is 19.2 Å². The average Bonchev–Trinajstić information content (AvgIpc) is 2.56. The zero-order valence-electron chi connectivity index (χ0n) is 12.6. The molecule has 0 aromatic heterocycles. The Bertz CT molecular complexity index is 686. The van der Waals surface area contributed by atoms with Crippen molar-refractivity contribution >= 4 is 17.6 Å². The van der Waals surface area contributed by atoms with Gasteiger partial charge in [-0.2, -0.15) is 0 Å². The smallest absolute Gasteiger partial charge is 0.337 e. The molecule has 6 heteroatoms. The van der Waals surface area contributed by atoms with E-state index in [-0.39, 0.29) is 18.3 Å². The predicted octanol–water partition coefficient (Wildman–Crippen LogP) is 2.34. The van der Waals surface area contributed by atoms with Crippen LogP contribution < -0.4 is 10.6 Å². The number of nitrogens with one attached hydrogen (secondary N) is 2. The van der Waals surface area contributed by atoms with E-state index in [9.17, 15) is 14.0 Å². The van der Waals surface area contributed by atoms with Crippen molar-refractivity contribution in [3.63, 3.8) is 0 Å². The third kappa shape index (κ3) is 5.19. The molecule has 2 N–H and O–H groups in total. The summed E-state index contributed by atoms with van der Waals surface area (Å²) in [5.41, 5.74) is 1.76. The molecule has 0 bridgehead atoms. The Hall–Kier alpha value is -2.73. The van der Waals surface area contributed by atoms with Crippen molar-refractivity contribution in [1.82, 2.24) is 5.32 Å². The predicted molar refractivity (Wildman–Crippen MR) is 84.5 cm³/mol. The number of esters is 1. The number of ether oxygens (including phenoxy) is 1. The maximum atomic E-state index is 12.8. The minimum Gasteiger partial charge on any atom is -0.465 e. The van der Waals surface area contributed by atoms with Gasteiger partial charge in [0.2, 0.25) is 5.91 Å². The number of halogens is 1. The van der Waals surface area contributed by atoms with Crippen LogP contribution in [0.3, 0.4) is 0 Å². The number of carbonyl (C=O) groups is 2. The molecule has 0 radical (unpaired) electrons. The van der Waals surface area contributed by atoms with E-state index in [1.54, 1.807) is 36.4 Å². The van der Waals surface area contributed by atoms with Gasteiger partial charge in [-0.3, -0.25) is 4.79 Å². The Kier molecular flexibility index (Phi) is 5.82. The van der Waals surface area contributed by atoms with E-state index < -0.39 is 5.97 Å². The minimum atomic E-state index is -0.462. The number of carbonyl (C=O) groups excluding carboxylic acids is 2. The van der Waals surface area contributed by atoms with Crippen LogP contribution in [-0.4, -0.2) is 25.5 Å². The highest BCUT2D eigenvalue weighted by Crippen LogP contribution is 2.11. The van der Waals surface area contributed by atoms with E-state index in [2.05, 4.69) is 15.4 Å². The van der Waals surface area contributed by atoms with Crippen LogP contribution in [0.15, 0.2) is 48.5 Å². The molecule has 0 fully saturated rings. The molecular formula is C17H17FN2O3. The van der Waals surface area contributed by atoms with E-state index in [1.807, 2.05) is 0 Å². The van der Waals surface area contributed by atoms with Gasteiger partial charge in [-0.05, 0) is 35.9 Å². The number of methoxy groups -OCH3 is 1. The molecule has 2 aromatic carbocycles. The second kappa shape index (κ2) is 8.05. The summed E-state index contributed by atoms with van der Waals surface area (Å²) in [6.45, 7) is 0.551. The Labute approximate surface area is 133 Å². The van der Waals surface area contributed by atoms with Crippen molar-refractivity contribution in [2.75, 3.05) is 19.0 Å². The van der Waals surface area contributed by atoms with E-state index in [4.69, 9.17) is 0 Å². The maximum absolute atomic E-state index is 12.8. The molecule has 0 saturated carbocycles. The molecule has 0 aliphatic rings. The van der Waals surface area contributed by atoms with Crippen molar-refractivity contribution in [1.29, 1.82) is 0 Å². The summed E-state index contributed by atoms with van der Waals surface area (Å²) in [7, 11) is 1.30. The average molecular weight is 316 g/mol. The van der Waals surface area contributed by atoms with Gasteiger partial charge in [0.05, 0.1) is 19.2 Å². The third-order valence-corrected chi connectivity index (χ3v) is 3.10. The van der Waals surface area contributed by atoms with Crippen molar-refractivity contribution < 1.29 is 18.7 Å². The van der Waals surface area contributed by atoms with Gasteiger partial charge in [-0.1, -0.05) is 18.2 Å².